The van der Waals surface area contributed by atoms with Crippen LogP contribution in [0.2, 0.25) is 5.02 Å². The van der Waals surface area contributed by atoms with E-state index in [1.54, 1.807) is 12.1 Å². The lowest BCUT2D eigenvalue weighted by atomic mass is 9.96. The molecule has 0 spiro atoms. The van der Waals surface area contributed by atoms with Gasteiger partial charge >= 0.3 is 0 Å². The fraction of sp³-hybridized carbons (Fsp3) is 0.333. The first kappa shape index (κ1) is 16.0. The maximum absolute atomic E-state index is 13.8. The first-order valence-corrected chi connectivity index (χ1v) is 7.62. The van der Waals surface area contributed by atoms with Gasteiger partial charge in [0.15, 0.2) is 0 Å². The van der Waals surface area contributed by atoms with Crippen molar-refractivity contribution in [1.29, 1.82) is 0 Å². The van der Waals surface area contributed by atoms with Crippen molar-refractivity contribution in [3.05, 3.63) is 70.0 Å². The van der Waals surface area contributed by atoms with E-state index in [9.17, 15) is 4.39 Å². The molecule has 3 heteroatoms. The van der Waals surface area contributed by atoms with Gasteiger partial charge in [0.05, 0.1) is 0 Å². The van der Waals surface area contributed by atoms with Crippen LogP contribution in [0, 0.1) is 5.82 Å². The number of hydrogen-bond donors (Lipinski definition) is 1. The molecule has 2 aromatic rings. The molecule has 0 heterocycles. The van der Waals surface area contributed by atoms with Crippen molar-refractivity contribution in [2.45, 2.75) is 38.6 Å². The molecule has 0 radical (unpaired) electrons. The molecule has 0 saturated heterocycles. The van der Waals surface area contributed by atoms with Crippen LogP contribution in [0.3, 0.4) is 0 Å². The lowest BCUT2D eigenvalue weighted by Crippen LogP contribution is -2.26. The quantitative estimate of drug-likeness (QED) is 0.850. The Labute approximate surface area is 130 Å². The van der Waals surface area contributed by atoms with Gasteiger partial charge in [0.2, 0.25) is 0 Å². The molecule has 0 amide bonds. The van der Waals surface area contributed by atoms with Crippen LogP contribution in [0.4, 0.5) is 4.39 Å². The maximum Gasteiger partial charge on any atom is 0.127 e. The molecule has 21 heavy (non-hydrogen) atoms. The van der Waals surface area contributed by atoms with Crippen LogP contribution in [0.15, 0.2) is 42.5 Å². The van der Waals surface area contributed by atoms with E-state index in [2.05, 4.69) is 38.1 Å². The van der Waals surface area contributed by atoms with Crippen LogP contribution < -0.4 is 5.73 Å². The third-order valence-electron chi connectivity index (χ3n) is 3.67. The van der Waals surface area contributed by atoms with E-state index < -0.39 is 0 Å². The monoisotopic (exact) mass is 305 g/mol. The van der Waals surface area contributed by atoms with Crippen LogP contribution >= 0.6 is 11.6 Å². The molecule has 1 unspecified atom stereocenters. The molecule has 112 valence electrons. The second kappa shape index (κ2) is 7.06. The fourth-order valence-electron chi connectivity index (χ4n) is 2.40. The Morgan fingerprint density at radius 1 is 1.05 bits per heavy atom. The average Bonchev–Trinajstić information content (AvgIpc) is 2.43. The summed E-state index contributed by atoms with van der Waals surface area (Å²) in [6.45, 7) is 4.34. The lowest BCUT2D eigenvalue weighted by molar-refractivity contribution is 0.584. The molecule has 0 aliphatic rings. The maximum atomic E-state index is 13.8. The molecule has 0 aromatic heterocycles. The number of halogens is 2. The summed E-state index contributed by atoms with van der Waals surface area (Å²) in [7, 11) is 0. The summed E-state index contributed by atoms with van der Waals surface area (Å²) in [5.74, 6) is 0.234. The van der Waals surface area contributed by atoms with Crippen molar-refractivity contribution in [2.75, 3.05) is 0 Å². The minimum Gasteiger partial charge on any atom is -0.327 e. The van der Waals surface area contributed by atoms with Gasteiger partial charge in [-0.25, -0.2) is 4.39 Å². The van der Waals surface area contributed by atoms with Crippen molar-refractivity contribution in [2.24, 2.45) is 5.73 Å². The van der Waals surface area contributed by atoms with Gasteiger partial charge in [0.25, 0.3) is 0 Å². The number of rotatable bonds is 5. The van der Waals surface area contributed by atoms with E-state index in [0.717, 1.165) is 0 Å². The standard InChI is InChI=1S/C18H21ClFN/c1-12(2)14-8-6-13(7-9-14)10-15(21)11-16-17(19)4-3-5-18(16)20/h3-9,12,15H,10-11,21H2,1-2H3. The lowest BCUT2D eigenvalue weighted by Gasteiger charge is -2.14. The highest BCUT2D eigenvalue weighted by Gasteiger charge is 2.12. The minimum absolute atomic E-state index is 0.149. The van der Waals surface area contributed by atoms with Gasteiger partial charge in [-0.1, -0.05) is 55.8 Å². The second-order valence-electron chi connectivity index (χ2n) is 5.76. The number of benzene rings is 2. The van der Waals surface area contributed by atoms with E-state index in [1.165, 1.54) is 17.2 Å². The second-order valence-corrected chi connectivity index (χ2v) is 6.17. The molecule has 2 rings (SSSR count). The Hall–Kier alpha value is -1.38. The van der Waals surface area contributed by atoms with Crippen LogP contribution in [0.25, 0.3) is 0 Å². The molecular formula is C18H21ClFN. The summed E-state index contributed by atoms with van der Waals surface area (Å²) in [4.78, 5) is 0. The van der Waals surface area contributed by atoms with Gasteiger partial charge in [-0.15, -0.1) is 0 Å². The SMILES string of the molecule is CC(C)c1ccc(CC(N)Cc2c(F)cccc2Cl)cc1. The molecule has 1 atom stereocenters. The molecule has 2 aromatic carbocycles. The van der Waals surface area contributed by atoms with Gasteiger partial charge in [-0.3, -0.25) is 0 Å². The summed E-state index contributed by atoms with van der Waals surface area (Å²) in [6, 6.07) is 13.0. The minimum atomic E-state index is -0.284. The topological polar surface area (TPSA) is 26.0 Å². The van der Waals surface area contributed by atoms with Crippen molar-refractivity contribution in [3.63, 3.8) is 0 Å². The predicted octanol–water partition coefficient (Wildman–Crippen LogP) is 4.72. The molecular weight excluding hydrogens is 285 g/mol. The summed E-state index contributed by atoms with van der Waals surface area (Å²) >= 11 is 6.04. The van der Waals surface area contributed by atoms with E-state index in [0.29, 0.717) is 29.3 Å². The Morgan fingerprint density at radius 2 is 1.71 bits per heavy atom. The van der Waals surface area contributed by atoms with Crippen molar-refractivity contribution in [1.82, 2.24) is 0 Å². The highest BCUT2D eigenvalue weighted by molar-refractivity contribution is 6.31. The zero-order chi connectivity index (χ0) is 15.4. The Balaban J connectivity index is 2.03. The number of nitrogens with two attached hydrogens (primary N) is 1. The molecule has 0 fully saturated rings. The smallest absolute Gasteiger partial charge is 0.127 e. The third-order valence-corrected chi connectivity index (χ3v) is 4.03. The van der Waals surface area contributed by atoms with E-state index in [-0.39, 0.29) is 11.9 Å². The van der Waals surface area contributed by atoms with Crippen molar-refractivity contribution >= 4 is 11.6 Å². The molecule has 0 bridgehead atoms. The summed E-state index contributed by atoms with van der Waals surface area (Å²) in [5, 5.41) is 0.445. The van der Waals surface area contributed by atoms with E-state index >= 15 is 0 Å². The van der Waals surface area contributed by atoms with Gasteiger partial charge < -0.3 is 5.73 Å². The summed E-state index contributed by atoms with van der Waals surface area (Å²) in [6.07, 6.45) is 1.15. The zero-order valence-electron chi connectivity index (χ0n) is 12.4. The highest BCUT2D eigenvalue weighted by Crippen LogP contribution is 2.21. The molecule has 2 N–H and O–H groups in total. The molecule has 1 nitrogen and oxygen atoms in total. The van der Waals surface area contributed by atoms with Gasteiger partial charge in [0.1, 0.15) is 5.82 Å². The fourth-order valence-corrected chi connectivity index (χ4v) is 2.64. The van der Waals surface area contributed by atoms with Gasteiger partial charge in [-0.2, -0.15) is 0 Å². The predicted molar refractivity (Wildman–Crippen MR) is 87.3 cm³/mol. The zero-order valence-corrected chi connectivity index (χ0v) is 13.2. The Morgan fingerprint density at radius 3 is 2.29 bits per heavy atom. The van der Waals surface area contributed by atoms with Crippen LogP contribution in [-0.4, -0.2) is 6.04 Å². The highest BCUT2D eigenvalue weighted by atomic mass is 35.5. The molecule has 0 aliphatic heterocycles. The first-order chi connectivity index (χ1) is 9.97. The molecule has 0 saturated carbocycles. The summed E-state index contributed by atoms with van der Waals surface area (Å²) < 4.78 is 13.8. The summed E-state index contributed by atoms with van der Waals surface area (Å²) in [5.41, 5.74) is 9.13. The van der Waals surface area contributed by atoms with Crippen molar-refractivity contribution in [3.8, 4) is 0 Å². The largest absolute Gasteiger partial charge is 0.327 e. The van der Waals surface area contributed by atoms with E-state index in [4.69, 9.17) is 17.3 Å². The van der Waals surface area contributed by atoms with Crippen LogP contribution in [0.1, 0.15) is 36.5 Å². The van der Waals surface area contributed by atoms with Crippen LogP contribution in [-0.2, 0) is 12.8 Å². The van der Waals surface area contributed by atoms with Gasteiger partial charge in [-0.05, 0) is 42.0 Å². The Kier molecular flexibility index (Phi) is 5.38. The Bertz CT molecular complexity index is 572. The normalized spacial score (nSPS) is 12.7. The van der Waals surface area contributed by atoms with Gasteiger partial charge in [0, 0.05) is 16.6 Å². The van der Waals surface area contributed by atoms with Crippen molar-refractivity contribution < 1.29 is 4.39 Å². The molecule has 0 aliphatic carbocycles. The third kappa shape index (κ3) is 4.29. The van der Waals surface area contributed by atoms with Crippen LogP contribution in [0.5, 0.6) is 0 Å². The van der Waals surface area contributed by atoms with E-state index in [1.807, 2.05) is 0 Å². The first-order valence-electron chi connectivity index (χ1n) is 7.24. The average molecular weight is 306 g/mol. The number of hydrogen-bond acceptors (Lipinski definition) is 1.